The van der Waals surface area contributed by atoms with Gasteiger partial charge in [-0.2, -0.15) is 4.98 Å². The molecule has 0 spiro atoms. The van der Waals surface area contributed by atoms with Crippen LogP contribution in [0.25, 0.3) is 34.0 Å². The molecule has 3 heterocycles. The van der Waals surface area contributed by atoms with Gasteiger partial charge in [0.15, 0.2) is 5.76 Å². The highest BCUT2D eigenvalue weighted by atomic mass is 35.5. The van der Waals surface area contributed by atoms with E-state index in [1.807, 2.05) is 12.1 Å². The van der Waals surface area contributed by atoms with Crippen LogP contribution >= 0.6 is 23.2 Å². The van der Waals surface area contributed by atoms with Crippen molar-refractivity contribution in [1.82, 2.24) is 25.7 Å². The van der Waals surface area contributed by atoms with Crippen LogP contribution in [0.15, 0.2) is 61.9 Å². The topological polar surface area (TPSA) is 120 Å². The standard InChI is InChI=1S/C25H19Cl2N5O4/c26-16-5-1-13(2-6-16)21-29-25(36-32-21)22(33)28-18-8-3-14(4-9-18)23-30-31-24(35-23)20-12-15-11-17(27)7-10-19(15)34-20/h1-2,5-7,10-12,14,18H,3-4,8-9H2,(H,28,33)/t14-,18-. The van der Waals surface area contributed by atoms with Crippen LogP contribution in [-0.4, -0.2) is 32.3 Å². The highest BCUT2D eigenvalue weighted by Crippen LogP contribution is 2.35. The number of carbonyl (C=O) groups excluding carboxylic acids is 1. The van der Waals surface area contributed by atoms with E-state index in [9.17, 15) is 4.79 Å². The Bertz CT molecular complexity index is 1530. The number of nitrogens with one attached hydrogen (secondary N) is 1. The Morgan fingerprint density at radius 3 is 2.50 bits per heavy atom. The largest absolute Gasteiger partial charge is 0.451 e. The summed E-state index contributed by atoms with van der Waals surface area (Å²) in [6.07, 6.45) is 3.11. The van der Waals surface area contributed by atoms with Crippen LogP contribution in [0.4, 0.5) is 0 Å². The predicted octanol–water partition coefficient (Wildman–Crippen LogP) is 6.30. The van der Waals surface area contributed by atoms with E-state index < -0.39 is 5.91 Å². The predicted molar refractivity (Wildman–Crippen MR) is 132 cm³/mol. The van der Waals surface area contributed by atoms with Crippen molar-refractivity contribution in [2.45, 2.75) is 37.6 Å². The molecule has 36 heavy (non-hydrogen) atoms. The van der Waals surface area contributed by atoms with Crippen LogP contribution in [-0.2, 0) is 0 Å². The van der Waals surface area contributed by atoms with E-state index >= 15 is 0 Å². The minimum atomic E-state index is -0.392. The molecule has 2 aromatic carbocycles. The molecule has 1 aliphatic carbocycles. The maximum atomic E-state index is 12.6. The fourth-order valence-corrected chi connectivity index (χ4v) is 4.69. The lowest BCUT2D eigenvalue weighted by molar-refractivity contribution is 0.0880. The van der Waals surface area contributed by atoms with Crippen LogP contribution in [0.2, 0.25) is 10.0 Å². The van der Waals surface area contributed by atoms with Crippen LogP contribution in [0.3, 0.4) is 0 Å². The van der Waals surface area contributed by atoms with Crippen molar-refractivity contribution < 1.29 is 18.2 Å². The molecular weight excluding hydrogens is 505 g/mol. The van der Waals surface area contributed by atoms with Gasteiger partial charge in [0, 0.05) is 33.0 Å². The van der Waals surface area contributed by atoms with Crippen LogP contribution in [0.1, 0.15) is 48.2 Å². The zero-order valence-corrected chi connectivity index (χ0v) is 20.3. The minimum absolute atomic E-state index is 0.0119. The number of amides is 1. The quantitative estimate of drug-likeness (QED) is 0.285. The first-order valence-electron chi connectivity index (χ1n) is 11.5. The molecule has 1 amide bonds. The molecule has 9 nitrogen and oxygen atoms in total. The number of fused-ring (bicyclic) bond motifs is 1. The normalized spacial score (nSPS) is 17.9. The lowest BCUT2D eigenvalue weighted by atomic mass is 9.86. The Hall–Kier alpha value is -3.69. The SMILES string of the molecule is O=C(N[C@H]1CC[C@H](c2nnc(-c3cc4cc(Cl)ccc4o3)o2)CC1)c1nc(-c2ccc(Cl)cc2)no1. The van der Waals surface area contributed by atoms with Gasteiger partial charge in [-0.25, -0.2) is 0 Å². The molecule has 0 bridgehead atoms. The summed E-state index contributed by atoms with van der Waals surface area (Å²) >= 11 is 12.0. The summed E-state index contributed by atoms with van der Waals surface area (Å²) in [5, 5.41) is 17.4. The summed E-state index contributed by atoms with van der Waals surface area (Å²) in [6, 6.07) is 14.2. The summed E-state index contributed by atoms with van der Waals surface area (Å²) in [5.74, 6) is 1.38. The Morgan fingerprint density at radius 2 is 1.69 bits per heavy atom. The first kappa shape index (κ1) is 22.8. The minimum Gasteiger partial charge on any atom is -0.451 e. The molecular formula is C25H19Cl2N5O4. The number of halogens is 2. The number of carbonyl (C=O) groups is 1. The number of rotatable bonds is 5. The molecule has 11 heteroatoms. The van der Waals surface area contributed by atoms with Crippen LogP contribution < -0.4 is 5.32 Å². The van der Waals surface area contributed by atoms with E-state index in [1.165, 1.54) is 0 Å². The second-order valence-electron chi connectivity index (χ2n) is 8.69. The maximum Gasteiger partial charge on any atom is 0.316 e. The third-order valence-electron chi connectivity index (χ3n) is 6.26. The molecule has 0 saturated heterocycles. The number of hydrogen-bond donors (Lipinski definition) is 1. The molecule has 0 radical (unpaired) electrons. The summed E-state index contributed by atoms with van der Waals surface area (Å²) in [7, 11) is 0. The molecule has 1 fully saturated rings. The van der Waals surface area contributed by atoms with Crippen molar-refractivity contribution in [1.29, 1.82) is 0 Å². The van der Waals surface area contributed by atoms with Gasteiger partial charge in [-0.3, -0.25) is 4.79 Å². The number of aromatic nitrogens is 4. The lowest BCUT2D eigenvalue weighted by Gasteiger charge is -2.26. The van der Waals surface area contributed by atoms with Crippen molar-refractivity contribution in [3.63, 3.8) is 0 Å². The maximum absolute atomic E-state index is 12.6. The van der Waals surface area contributed by atoms with Crippen molar-refractivity contribution in [2.24, 2.45) is 0 Å². The van der Waals surface area contributed by atoms with Crippen LogP contribution in [0.5, 0.6) is 0 Å². The van der Waals surface area contributed by atoms with Gasteiger partial charge < -0.3 is 18.7 Å². The molecule has 6 rings (SSSR count). The van der Waals surface area contributed by atoms with E-state index in [1.54, 1.807) is 36.4 Å². The third-order valence-corrected chi connectivity index (χ3v) is 6.75. The Kier molecular flexibility index (Phi) is 5.94. The van der Waals surface area contributed by atoms with Gasteiger partial charge in [-0.15, -0.1) is 10.2 Å². The van der Waals surface area contributed by atoms with Gasteiger partial charge in [0.25, 0.3) is 5.89 Å². The number of nitrogens with zero attached hydrogens (tertiary/aromatic N) is 4. The summed E-state index contributed by atoms with van der Waals surface area (Å²) in [4.78, 5) is 16.8. The summed E-state index contributed by atoms with van der Waals surface area (Å²) in [5.41, 5.74) is 1.42. The fourth-order valence-electron chi connectivity index (χ4n) is 4.38. The van der Waals surface area contributed by atoms with Crippen molar-refractivity contribution in [3.05, 3.63) is 70.4 Å². The first-order chi connectivity index (χ1) is 17.5. The smallest absolute Gasteiger partial charge is 0.316 e. The number of hydrogen-bond acceptors (Lipinski definition) is 8. The van der Waals surface area contributed by atoms with Gasteiger partial charge in [-0.1, -0.05) is 28.4 Å². The monoisotopic (exact) mass is 523 g/mol. The van der Waals surface area contributed by atoms with E-state index in [0.717, 1.165) is 31.1 Å². The van der Waals surface area contributed by atoms with Gasteiger partial charge in [0.2, 0.25) is 11.7 Å². The fraction of sp³-hybridized carbons (Fsp3) is 0.240. The average molecular weight is 524 g/mol. The molecule has 182 valence electrons. The second kappa shape index (κ2) is 9.40. The molecule has 5 aromatic rings. The van der Waals surface area contributed by atoms with Crippen LogP contribution in [0, 0.1) is 0 Å². The van der Waals surface area contributed by atoms with Gasteiger partial charge in [0.05, 0.1) is 0 Å². The summed E-state index contributed by atoms with van der Waals surface area (Å²) < 4.78 is 16.9. The van der Waals surface area contributed by atoms with Crippen molar-refractivity contribution in [2.75, 3.05) is 0 Å². The van der Waals surface area contributed by atoms with Gasteiger partial charge >= 0.3 is 11.8 Å². The molecule has 0 atom stereocenters. The molecule has 1 aliphatic rings. The Labute approximate surface area is 214 Å². The third kappa shape index (κ3) is 4.59. The molecule has 1 saturated carbocycles. The number of benzene rings is 2. The molecule has 0 unspecified atom stereocenters. The van der Waals surface area contributed by atoms with Crippen molar-refractivity contribution >= 4 is 40.1 Å². The van der Waals surface area contributed by atoms with E-state index in [-0.39, 0.29) is 17.9 Å². The van der Waals surface area contributed by atoms with E-state index in [4.69, 9.17) is 36.6 Å². The van der Waals surface area contributed by atoms with E-state index in [2.05, 4.69) is 25.7 Å². The zero-order valence-electron chi connectivity index (χ0n) is 18.8. The second-order valence-corrected chi connectivity index (χ2v) is 9.56. The average Bonchev–Trinajstić information content (AvgIpc) is 3.64. The van der Waals surface area contributed by atoms with Gasteiger partial charge in [0.1, 0.15) is 5.58 Å². The zero-order chi connectivity index (χ0) is 24.6. The molecule has 0 aliphatic heterocycles. The van der Waals surface area contributed by atoms with E-state index in [0.29, 0.717) is 44.6 Å². The molecule has 3 aromatic heterocycles. The Balaban J connectivity index is 1.06. The van der Waals surface area contributed by atoms with Gasteiger partial charge in [-0.05, 0) is 74.2 Å². The number of furan rings is 1. The Morgan fingerprint density at radius 1 is 0.917 bits per heavy atom. The highest BCUT2D eigenvalue weighted by molar-refractivity contribution is 6.31. The molecule has 1 N–H and O–H groups in total. The van der Waals surface area contributed by atoms with Crippen molar-refractivity contribution in [3.8, 4) is 23.0 Å². The highest BCUT2D eigenvalue weighted by Gasteiger charge is 2.29. The first-order valence-corrected chi connectivity index (χ1v) is 12.2. The summed E-state index contributed by atoms with van der Waals surface area (Å²) in [6.45, 7) is 0. The lowest BCUT2D eigenvalue weighted by Crippen LogP contribution is -2.37.